The fourth-order valence-corrected chi connectivity index (χ4v) is 3.35. The molecule has 0 unspecified atom stereocenters. The summed E-state index contributed by atoms with van der Waals surface area (Å²) in [7, 11) is 0. The van der Waals surface area contributed by atoms with E-state index in [9.17, 15) is 4.39 Å². The van der Waals surface area contributed by atoms with Gasteiger partial charge in [-0.1, -0.05) is 60.7 Å². The summed E-state index contributed by atoms with van der Waals surface area (Å²) in [4.78, 5) is 0.880. The molecule has 4 aromatic rings. The molecule has 2 heteroatoms. The number of thiol groups is 1. The van der Waals surface area contributed by atoms with Crippen LogP contribution < -0.4 is 0 Å². The molecule has 0 aliphatic heterocycles. The van der Waals surface area contributed by atoms with Gasteiger partial charge in [-0.3, -0.25) is 0 Å². The number of rotatable bonds is 2. The van der Waals surface area contributed by atoms with Crippen molar-refractivity contribution in [3.8, 4) is 22.3 Å². The van der Waals surface area contributed by atoms with Crippen molar-refractivity contribution in [1.82, 2.24) is 0 Å². The number of hydrogen-bond donors (Lipinski definition) is 1. The lowest BCUT2D eigenvalue weighted by molar-refractivity contribution is 0.631. The van der Waals surface area contributed by atoms with Crippen LogP contribution in [0.25, 0.3) is 33.0 Å². The zero-order valence-electron chi connectivity index (χ0n) is 12.9. The summed E-state index contributed by atoms with van der Waals surface area (Å²) in [6, 6.07) is 27.1. The zero-order valence-corrected chi connectivity index (χ0v) is 13.8. The molecule has 4 rings (SSSR count). The molecule has 0 amide bonds. The second-order valence-corrected chi connectivity index (χ2v) is 6.22. The average Bonchev–Trinajstić information content (AvgIpc) is 2.62. The molecule has 0 nitrogen and oxygen atoms in total. The predicted molar refractivity (Wildman–Crippen MR) is 102 cm³/mol. The van der Waals surface area contributed by atoms with E-state index in [1.807, 2.05) is 48.5 Å². The molecule has 0 aromatic heterocycles. The van der Waals surface area contributed by atoms with Gasteiger partial charge in [0.1, 0.15) is 5.82 Å². The molecule has 0 radical (unpaired) electrons. The standard InChI is InChI=1S/C22H15FS/c23-21-11-5-3-9-17(21)19-13-15-7-1-2-8-16(15)14-20(19)18-10-4-6-12-22(18)24/h1-14,24H. The van der Waals surface area contributed by atoms with Crippen LogP contribution in [0.3, 0.4) is 0 Å². The fourth-order valence-electron chi connectivity index (χ4n) is 3.07. The van der Waals surface area contributed by atoms with E-state index in [0.29, 0.717) is 5.56 Å². The van der Waals surface area contributed by atoms with E-state index in [2.05, 4.69) is 36.9 Å². The van der Waals surface area contributed by atoms with Crippen LogP contribution >= 0.6 is 12.6 Å². The Bertz CT molecular complexity index is 953. The molecule has 0 atom stereocenters. The van der Waals surface area contributed by atoms with Crippen molar-refractivity contribution in [3.63, 3.8) is 0 Å². The highest BCUT2D eigenvalue weighted by atomic mass is 32.1. The van der Waals surface area contributed by atoms with Gasteiger partial charge in [-0.25, -0.2) is 4.39 Å². The average molecular weight is 330 g/mol. The minimum atomic E-state index is -0.217. The summed E-state index contributed by atoms with van der Waals surface area (Å²) in [6.07, 6.45) is 0. The van der Waals surface area contributed by atoms with Crippen LogP contribution in [0.15, 0.2) is 89.8 Å². The van der Waals surface area contributed by atoms with E-state index in [0.717, 1.165) is 32.4 Å². The first-order chi connectivity index (χ1) is 11.7. The second kappa shape index (κ2) is 6.14. The van der Waals surface area contributed by atoms with Crippen molar-refractivity contribution in [2.75, 3.05) is 0 Å². The van der Waals surface area contributed by atoms with Gasteiger partial charge in [-0.2, -0.15) is 0 Å². The molecule has 0 aliphatic rings. The highest BCUT2D eigenvalue weighted by Crippen LogP contribution is 2.38. The van der Waals surface area contributed by atoms with Crippen molar-refractivity contribution in [2.24, 2.45) is 0 Å². The number of hydrogen-bond acceptors (Lipinski definition) is 1. The van der Waals surface area contributed by atoms with Gasteiger partial charge in [0.05, 0.1) is 0 Å². The van der Waals surface area contributed by atoms with Gasteiger partial charge in [0.2, 0.25) is 0 Å². The third-order valence-corrected chi connectivity index (χ3v) is 4.63. The monoisotopic (exact) mass is 330 g/mol. The van der Waals surface area contributed by atoms with E-state index >= 15 is 0 Å². The Morgan fingerprint density at radius 1 is 0.542 bits per heavy atom. The summed E-state index contributed by atoms with van der Waals surface area (Å²) < 4.78 is 14.5. The summed E-state index contributed by atoms with van der Waals surface area (Å²) in [6.45, 7) is 0. The van der Waals surface area contributed by atoms with Gasteiger partial charge in [0, 0.05) is 10.5 Å². The topological polar surface area (TPSA) is 0 Å². The lowest BCUT2D eigenvalue weighted by Crippen LogP contribution is -1.90. The Morgan fingerprint density at radius 2 is 1.04 bits per heavy atom. The normalized spacial score (nSPS) is 10.9. The molecule has 0 N–H and O–H groups in total. The zero-order chi connectivity index (χ0) is 16.5. The quantitative estimate of drug-likeness (QED) is 0.393. The van der Waals surface area contributed by atoms with Crippen molar-refractivity contribution in [3.05, 3.63) is 90.7 Å². The Balaban J connectivity index is 2.09. The third kappa shape index (κ3) is 2.59. The van der Waals surface area contributed by atoms with E-state index < -0.39 is 0 Å². The van der Waals surface area contributed by atoms with Crippen molar-refractivity contribution < 1.29 is 4.39 Å². The summed E-state index contributed by atoms with van der Waals surface area (Å²) in [5.74, 6) is -0.217. The summed E-state index contributed by atoms with van der Waals surface area (Å²) >= 11 is 4.60. The molecule has 0 fully saturated rings. The maximum atomic E-state index is 14.5. The molecule has 0 aliphatic carbocycles. The summed E-state index contributed by atoms with van der Waals surface area (Å²) in [5.41, 5.74) is 3.48. The van der Waals surface area contributed by atoms with Crippen molar-refractivity contribution >= 4 is 23.4 Å². The molecule has 0 heterocycles. The molecule has 4 aromatic carbocycles. The molecule has 116 valence electrons. The van der Waals surface area contributed by atoms with Crippen LogP contribution in [-0.2, 0) is 0 Å². The largest absolute Gasteiger partial charge is 0.206 e. The van der Waals surface area contributed by atoms with Gasteiger partial charge in [0.15, 0.2) is 0 Å². The van der Waals surface area contributed by atoms with E-state index in [1.165, 1.54) is 6.07 Å². The first-order valence-electron chi connectivity index (χ1n) is 7.80. The molecular weight excluding hydrogens is 315 g/mol. The van der Waals surface area contributed by atoms with Gasteiger partial charge in [-0.05, 0) is 51.7 Å². The Labute approximate surface area is 146 Å². The molecule has 0 bridgehead atoms. The lowest BCUT2D eigenvalue weighted by atomic mass is 9.91. The Morgan fingerprint density at radius 3 is 1.67 bits per heavy atom. The van der Waals surface area contributed by atoms with Crippen molar-refractivity contribution in [2.45, 2.75) is 4.90 Å². The molecule has 0 spiro atoms. The van der Waals surface area contributed by atoms with E-state index in [4.69, 9.17) is 0 Å². The minimum absolute atomic E-state index is 0.217. The molecule has 0 saturated heterocycles. The Hall–Kier alpha value is -2.58. The van der Waals surface area contributed by atoms with E-state index in [-0.39, 0.29) is 5.82 Å². The van der Waals surface area contributed by atoms with Crippen LogP contribution in [0.5, 0.6) is 0 Å². The van der Waals surface area contributed by atoms with Crippen LogP contribution in [0, 0.1) is 5.82 Å². The number of benzene rings is 4. The Kier molecular flexibility index (Phi) is 3.83. The smallest absolute Gasteiger partial charge is 0.131 e. The summed E-state index contributed by atoms with van der Waals surface area (Å²) in [5, 5.41) is 2.22. The number of fused-ring (bicyclic) bond motifs is 1. The van der Waals surface area contributed by atoms with Gasteiger partial charge in [-0.15, -0.1) is 12.6 Å². The van der Waals surface area contributed by atoms with Crippen LogP contribution in [0.2, 0.25) is 0 Å². The fraction of sp³-hybridized carbons (Fsp3) is 0. The van der Waals surface area contributed by atoms with Gasteiger partial charge < -0.3 is 0 Å². The molecular formula is C22H15FS. The maximum absolute atomic E-state index is 14.5. The number of halogens is 1. The van der Waals surface area contributed by atoms with Crippen LogP contribution in [-0.4, -0.2) is 0 Å². The highest BCUT2D eigenvalue weighted by Gasteiger charge is 2.14. The van der Waals surface area contributed by atoms with Crippen LogP contribution in [0.4, 0.5) is 4.39 Å². The van der Waals surface area contributed by atoms with Gasteiger partial charge in [0.25, 0.3) is 0 Å². The predicted octanol–water partition coefficient (Wildman–Crippen LogP) is 6.60. The first-order valence-corrected chi connectivity index (χ1v) is 8.25. The van der Waals surface area contributed by atoms with Crippen LogP contribution in [0.1, 0.15) is 0 Å². The van der Waals surface area contributed by atoms with Gasteiger partial charge >= 0.3 is 0 Å². The maximum Gasteiger partial charge on any atom is 0.131 e. The van der Waals surface area contributed by atoms with Crippen molar-refractivity contribution in [1.29, 1.82) is 0 Å². The molecule has 24 heavy (non-hydrogen) atoms. The third-order valence-electron chi connectivity index (χ3n) is 4.24. The first kappa shape index (κ1) is 15.0. The van der Waals surface area contributed by atoms with E-state index in [1.54, 1.807) is 6.07 Å². The SMILES string of the molecule is Fc1ccccc1-c1cc2ccccc2cc1-c1ccccc1S. The molecule has 0 saturated carbocycles. The minimum Gasteiger partial charge on any atom is -0.206 e. The second-order valence-electron chi connectivity index (χ2n) is 5.74. The lowest BCUT2D eigenvalue weighted by Gasteiger charge is -2.14. The highest BCUT2D eigenvalue weighted by molar-refractivity contribution is 7.80.